The van der Waals surface area contributed by atoms with Crippen LogP contribution in [0.25, 0.3) is 21.8 Å². The van der Waals surface area contributed by atoms with E-state index in [1.54, 1.807) is 0 Å². The predicted octanol–water partition coefficient (Wildman–Crippen LogP) is 2.49. The molecule has 2 aromatic carbocycles. The molecule has 1 heterocycles. The van der Waals surface area contributed by atoms with Gasteiger partial charge in [0.15, 0.2) is 0 Å². The van der Waals surface area contributed by atoms with Crippen LogP contribution in [0.3, 0.4) is 0 Å². The monoisotopic (exact) mass is 299 g/mol. The maximum atomic E-state index is 10.9. The van der Waals surface area contributed by atoms with Gasteiger partial charge >= 0.3 is 0 Å². The number of rotatable bonds is 3. The van der Waals surface area contributed by atoms with Gasteiger partial charge in [-0.15, -0.1) is 0 Å². The van der Waals surface area contributed by atoms with Crippen LogP contribution < -0.4 is 11.3 Å². The number of non-ortho nitro benzene ring substituents is 2. The molecule has 0 radical (unpaired) electrons. The van der Waals surface area contributed by atoms with E-state index in [0.29, 0.717) is 27.5 Å². The lowest BCUT2D eigenvalue weighted by molar-refractivity contribution is -0.384. The average molecular weight is 299 g/mol. The third-order valence-corrected chi connectivity index (χ3v) is 3.31. The predicted molar refractivity (Wildman–Crippen MR) is 80.4 cm³/mol. The van der Waals surface area contributed by atoms with Crippen molar-refractivity contribution in [3.05, 3.63) is 56.6 Å². The Morgan fingerprint density at radius 2 is 1.36 bits per heavy atom. The zero-order valence-corrected chi connectivity index (χ0v) is 11.0. The number of nitro groups is 2. The van der Waals surface area contributed by atoms with E-state index in [-0.39, 0.29) is 11.4 Å². The SMILES string of the molecule is NNc1c2ccc([N+](=O)[O-])cc2nc2cc([N+](=O)[O-])ccc12. The molecular weight excluding hydrogens is 290 g/mol. The van der Waals surface area contributed by atoms with Gasteiger partial charge in [-0.3, -0.25) is 26.1 Å². The minimum Gasteiger partial charge on any atom is -0.323 e. The number of aromatic nitrogens is 1. The first kappa shape index (κ1) is 13.6. The highest BCUT2D eigenvalue weighted by Gasteiger charge is 2.15. The van der Waals surface area contributed by atoms with E-state index in [0.717, 1.165) is 0 Å². The molecule has 0 bridgehead atoms. The number of hydrazine groups is 1. The Hall–Kier alpha value is -3.33. The van der Waals surface area contributed by atoms with Crippen LogP contribution in [0.1, 0.15) is 0 Å². The molecule has 1 aromatic heterocycles. The Morgan fingerprint density at radius 3 is 1.73 bits per heavy atom. The van der Waals surface area contributed by atoms with Crippen LogP contribution in [0.2, 0.25) is 0 Å². The number of nitro benzene ring substituents is 2. The van der Waals surface area contributed by atoms with Crippen molar-refractivity contribution in [2.45, 2.75) is 0 Å². The molecule has 9 heteroatoms. The molecule has 22 heavy (non-hydrogen) atoms. The summed E-state index contributed by atoms with van der Waals surface area (Å²) in [6.45, 7) is 0. The van der Waals surface area contributed by atoms with Gasteiger partial charge in [-0.25, -0.2) is 4.98 Å². The summed E-state index contributed by atoms with van der Waals surface area (Å²) in [5.74, 6) is 5.53. The highest BCUT2D eigenvalue weighted by Crippen LogP contribution is 2.33. The lowest BCUT2D eigenvalue weighted by Gasteiger charge is -2.09. The van der Waals surface area contributed by atoms with Gasteiger partial charge in [0.1, 0.15) is 0 Å². The quantitative estimate of drug-likeness (QED) is 0.328. The highest BCUT2D eigenvalue weighted by molar-refractivity contribution is 6.08. The van der Waals surface area contributed by atoms with E-state index in [1.165, 1.54) is 36.4 Å². The van der Waals surface area contributed by atoms with Gasteiger partial charge in [-0.2, -0.15) is 0 Å². The molecule has 0 aliphatic heterocycles. The van der Waals surface area contributed by atoms with Crippen LogP contribution in [0, 0.1) is 20.2 Å². The van der Waals surface area contributed by atoms with E-state index in [9.17, 15) is 20.2 Å². The minimum absolute atomic E-state index is 0.118. The molecule has 3 rings (SSSR count). The highest BCUT2D eigenvalue weighted by atomic mass is 16.6. The smallest absolute Gasteiger partial charge is 0.271 e. The van der Waals surface area contributed by atoms with E-state index in [4.69, 9.17) is 5.84 Å². The van der Waals surface area contributed by atoms with E-state index >= 15 is 0 Å². The fraction of sp³-hybridized carbons (Fsp3) is 0. The molecule has 9 nitrogen and oxygen atoms in total. The molecule has 110 valence electrons. The Kier molecular flexibility index (Phi) is 3.04. The summed E-state index contributed by atoms with van der Waals surface area (Å²) in [6.07, 6.45) is 0. The third kappa shape index (κ3) is 2.05. The summed E-state index contributed by atoms with van der Waals surface area (Å²) < 4.78 is 0. The van der Waals surface area contributed by atoms with Crippen LogP contribution in [0.15, 0.2) is 36.4 Å². The molecule has 3 aromatic rings. The molecular formula is C13H9N5O4. The van der Waals surface area contributed by atoms with Gasteiger partial charge in [0.25, 0.3) is 11.4 Å². The largest absolute Gasteiger partial charge is 0.323 e. The number of nitrogens with zero attached hydrogens (tertiary/aromatic N) is 3. The van der Waals surface area contributed by atoms with E-state index in [1.807, 2.05) is 0 Å². The molecule has 0 aliphatic rings. The number of anilines is 1. The Labute approximate surface area is 122 Å². The number of nitrogens with two attached hydrogens (primary N) is 1. The maximum Gasteiger partial charge on any atom is 0.271 e. The summed E-state index contributed by atoms with van der Waals surface area (Å²) in [4.78, 5) is 24.9. The van der Waals surface area contributed by atoms with Crippen LogP contribution in [-0.2, 0) is 0 Å². The van der Waals surface area contributed by atoms with Crippen LogP contribution in [0.5, 0.6) is 0 Å². The summed E-state index contributed by atoms with van der Waals surface area (Å²) in [6, 6.07) is 8.38. The number of hydrogen-bond acceptors (Lipinski definition) is 7. The molecule has 3 N–H and O–H groups in total. The Bertz CT molecular complexity index is 869. The molecule has 0 atom stereocenters. The second-order valence-electron chi connectivity index (χ2n) is 4.55. The lowest BCUT2D eigenvalue weighted by Crippen LogP contribution is -2.08. The van der Waals surface area contributed by atoms with Crippen molar-refractivity contribution in [2.24, 2.45) is 5.84 Å². The van der Waals surface area contributed by atoms with Crippen molar-refractivity contribution >= 4 is 38.9 Å². The fourth-order valence-corrected chi connectivity index (χ4v) is 2.31. The van der Waals surface area contributed by atoms with Crippen molar-refractivity contribution in [1.29, 1.82) is 0 Å². The molecule has 0 saturated carbocycles. The van der Waals surface area contributed by atoms with Gasteiger partial charge < -0.3 is 5.43 Å². The van der Waals surface area contributed by atoms with Gasteiger partial charge in [0, 0.05) is 35.0 Å². The van der Waals surface area contributed by atoms with Crippen LogP contribution in [-0.4, -0.2) is 14.8 Å². The van der Waals surface area contributed by atoms with E-state index in [2.05, 4.69) is 10.4 Å². The number of pyridine rings is 1. The fourth-order valence-electron chi connectivity index (χ4n) is 2.31. The summed E-state index contributed by atoms with van der Waals surface area (Å²) in [5, 5.41) is 22.9. The van der Waals surface area contributed by atoms with Gasteiger partial charge in [0.2, 0.25) is 0 Å². The Balaban J connectivity index is 2.40. The number of nitrogen functional groups attached to an aromatic ring is 1. The molecule has 0 aliphatic carbocycles. The van der Waals surface area contributed by atoms with Gasteiger partial charge in [0.05, 0.1) is 26.6 Å². The van der Waals surface area contributed by atoms with Gasteiger partial charge in [-0.1, -0.05) is 0 Å². The van der Waals surface area contributed by atoms with Gasteiger partial charge in [-0.05, 0) is 12.1 Å². The second kappa shape index (κ2) is 4.90. The minimum atomic E-state index is -0.533. The summed E-state index contributed by atoms with van der Waals surface area (Å²) >= 11 is 0. The summed E-state index contributed by atoms with van der Waals surface area (Å²) in [5.41, 5.74) is 3.46. The first-order valence-corrected chi connectivity index (χ1v) is 6.14. The van der Waals surface area contributed by atoms with Crippen molar-refractivity contribution in [1.82, 2.24) is 4.98 Å². The first-order chi connectivity index (χ1) is 10.5. The zero-order chi connectivity index (χ0) is 15.9. The lowest BCUT2D eigenvalue weighted by atomic mass is 10.1. The zero-order valence-electron chi connectivity index (χ0n) is 11.0. The van der Waals surface area contributed by atoms with Crippen LogP contribution in [0.4, 0.5) is 17.1 Å². The van der Waals surface area contributed by atoms with Crippen molar-refractivity contribution in [3.8, 4) is 0 Å². The number of benzene rings is 2. The Morgan fingerprint density at radius 1 is 0.909 bits per heavy atom. The van der Waals surface area contributed by atoms with Crippen molar-refractivity contribution in [2.75, 3.05) is 5.43 Å². The topological polar surface area (TPSA) is 137 Å². The summed E-state index contributed by atoms with van der Waals surface area (Å²) in [7, 11) is 0. The molecule has 0 unspecified atom stereocenters. The maximum absolute atomic E-state index is 10.9. The second-order valence-corrected chi connectivity index (χ2v) is 4.55. The average Bonchev–Trinajstić information content (AvgIpc) is 2.51. The molecule has 0 spiro atoms. The standard InChI is InChI=1S/C13H9N5O4/c14-16-13-9-3-1-7(17(19)20)5-11(9)15-12-6-8(18(21)22)2-4-10(12)13/h1-6H,14H2,(H,15,16). The van der Waals surface area contributed by atoms with Crippen molar-refractivity contribution in [3.63, 3.8) is 0 Å². The first-order valence-electron chi connectivity index (χ1n) is 6.14. The third-order valence-electron chi connectivity index (χ3n) is 3.31. The van der Waals surface area contributed by atoms with E-state index < -0.39 is 9.85 Å². The molecule has 0 fully saturated rings. The number of fused-ring (bicyclic) bond motifs is 2. The normalized spacial score (nSPS) is 10.8. The number of hydrogen-bond donors (Lipinski definition) is 2. The number of nitrogens with one attached hydrogen (secondary N) is 1. The molecule has 0 saturated heterocycles. The molecule has 0 amide bonds. The van der Waals surface area contributed by atoms with Crippen molar-refractivity contribution < 1.29 is 9.85 Å². The van der Waals surface area contributed by atoms with Crippen LogP contribution >= 0.6 is 0 Å².